The molecule has 1 N–H and O–H groups in total. The maximum atomic E-state index is 12.6. The molecule has 21 heavy (non-hydrogen) atoms. The van der Waals surface area contributed by atoms with E-state index in [1.54, 1.807) is 6.07 Å². The van der Waals surface area contributed by atoms with Crippen molar-refractivity contribution in [3.8, 4) is 5.69 Å². The molecule has 108 valence electrons. The van der Waals surface area contributed by atoms with Gasteiger partial charge in [0.25, 0.3) is 0 Å². The number of benzene rings is 2. The standard InChI is InChI=1S/C15H11F3N2O/c1-9-2-7-12-13(8-9)20(14(21)19-12)11-5-3-10(4-6-11)15(16,17)18/h2-8H,1H3,(H,19,21). The minimum absolute atomic E-state index is 0.379. The number of fused-ring (bicyclic) bond motifs is 1. The fourth-order valence-corrected chi connectivity index (χ4v) is 2.27. The first-order chi connectivity index (χ1) is 9.86. The fraction of sp³-hybridized carbons (Fsp3) is 0.133. The Morgan fingerprint density at radius 1 is 1.05 bits per heavy atom. The van der Waals surface area contributed by atoms with Crippen molar-refractivity contribution >= 4 is 11.0 Å². The largest absolute Gasteiger partial charge is 0.416 e. The van der Waals surface area contributed by atoms with Crippen molar-refractivity contribution in [3.05, 3.63) is 64.1 Å². The Balaban J connectivity index is 2.19. The van der Waals surface area contributed by atoms with E-state index in [9.17, 15) is 18.0 Å². The second-order valence-electron chi connectivity index (χ2n) is 4.83. The van der Waals surface area contributed by atoms with Crippen molar-refractivity contribution in [1.82, 2.24) is 9.55 Å². The van der Waals surface area contributed by atoms with E-state index in [0.717, 1.165) is 17.7 Å². The van der Waals surface area contributed by atoms with Gasteiger partial charge in [-0.3, -0.25) is 4.57 Å². The molecule has 0 radical (unpaired) electrons. The maximum Gasteiger partial charge on any atom is 0.416 e. The number of imidazole rings is 1. The number of nitrogens with one attached hydrogen (secondary N) is 1. The van der Waals surface area contributed by atoms with E-state index in [2.05, 4.69) is 4.98 Å². The van der Waals surface area contributed by atoms with Gasteiger partial charge in [-0.1, -0.05) is 6.07 Å². The predicted molar refractivity (Wildman–Crippen MR) is 73.6 cm³/mol. The minimum atomic E-state index is -4.39. The third-order valence-corrected chi connectivity index (χ3v) is 3.29. The summed E-state index contributed by atoms with van der Waals surface area (Å²) in [7, 11) is 0. The molecule has 0 amide bonds. The number of aromatic nitrogens is 2. The van der Waals surface area contributed by atoms with E-state index in [4.69, 9.17) is 0 Å². The second kappa shape index (κ2) is 4.51. The number of aryl methyl sites for hydroxylation is 1. The molecule has 2 aromatic carbocycles. The quantitative estimate of drug-likeness (QED) is 0.730. The number of H-pyrrole nitrogens is 1. The molecule has 0 aliphatic heterocycles. The lowest BCUT2D eigenvalue weighted by Crippen LogP contribution is -2.15. The molecule has 0 saturated heterocycles. The van der Waals surface area contributed by atoms with Crippen LogP contribution in [0.25, 0.3) is 16.7 Å². The summed E-state index contributed by atoms with van der Waals surface area (Å²) in [6.07, 6.45) is -4.39. The van der Waals surface area contributed by atoms with Gasteiger partial charge in [-0.2, -0.15) is 13.2 Å². The summed E-state index contributed by atoms with van der Waals surface area (Å²) < 4.78 is 39.1. The average Bonchev–Trinajstić information content (AvgIpc) is 2.73. The number of nitrogens with zero attached hydrogens (tertiary/aromatic N) is 1. The summed E-state index contributed by atoms with van der Waals surface area (Å²) in [6.45, 7) is 1.88. The molecule has 6 heteroatoms. The fourth-order valence-electron chi connectivity index (χ4n) is 2.27. The van der Waals surface area contributed by atoms with Crippen molar-refractivity contribution < 1.29 is 13.2 Å². The van der Waals surface area contributed by atoms with Crippen molar-refractivity contribution in [1.29, 1.82) is 0 Å². The van der Waals surface area contributed by atoms with E-state index in [1.807, 2.05) is 19.1 Å². The molecule has 3 aromatic rings. The van der Waals surface area contributed by atoms with Crippen LogP contribution < -0.4 is 5.69 Å². The molecular weight excluding hydrogens is 281 g/mol. The van der Waals surface area contributed by atoms with Gasteiger partial charge in [-0.25, -0.2) is 4.79 Å². The van der Waals surface area contributed by atoms with Gasteiger partial charge in [0.1, 0.15) is 0 Å². The van der Waals surface area contributed by atoms with Gasteiger partial charge in [0.05, 0.1) is 22.3 Å². The molecule has 3 nitrogen and oxygen atoms in total. The maximum absolute atomic E-state index is 12.6. The first-order valence-corrected chi connectivity index (χ1v) is 6.25. The lowest BCUT2D eigenvalue weighted by molar-refractivity contribution is -0.137. The Morgan fingerprint density at radius 2 is 1.71 bits per heavy atom. The van der Waals surface area contributed by atoms with Crippen LogP contribution in [0.3, 0.4) is 0 Å². The van der Waals surface area contributed by atoms with Crippen molar-refractivity contribution in [2.45, 2.75) is 13.1 Å². The molecule has 0 saturated carbocycles. The lowest BCUT2D eigenvalue weighted by Gasteiger charge is -2.08. The highest BCUT2D eigenvalue weighted by atomic mass is 19.4. The first kappa shape index (κ1) is 13.5. The molecule has 0 aliphatic rings. The van der Waals surface area contributed by atoms with Crippen LogP contribution in [0.15, 0.2) is 47.3 Å². The summed E-state index contributed by atoms with van der Waals surface area (Å²) in [4.78, 5) is 14.7. The topological polar surface area (TPSA) is 37.8 Å². The van der Waals surface area contributed by atoms with Crippen LogP contribution >= 0.6 is 0 Å². The van der Waals surface area contributed by atoms with Gasteiger partial charge in [0.2, 0.25) is 0 Å². The van der Waals surface area contributed by atoms with Crippen LogP contribution in [0.2, 0.25) is 0 Å². The zero-order valence-electron chi connectivity index (χ0n) is 11.0. The van der Waals surface area contributed by atoms with Gasteiger partial charge in [0, 0.05) is 0 Å². The zero-order chi connectivity index (χ0) is 15.2. The Labute approximate surface area is 117 Å². The van der Waals surface area contributed by atoms with Crippen molar-refractivity contribution in [3.63, 3.8) is 0 Å². The van der Waals surface area contributed by atoms with Gasteiger partial charge >= 0.3 is 11.9 Å². The van der Waals surface area contributed by atoms with Gasteiger partial charge in [-0.05, 0) is 48.9 Å². The molecule has 1 heterocycles. The second-order valence-corrected chi connectivity index (χ2v) is 4.83. The summed E-state index contributed by atoms with van der Waals surface area (Å²) >= 11 is 0. The number of halogens is 3. The smallest absolute Gasteiger partial charge is 0.305 e. The van der Waals surface area contributed by atoms with Crippen LogP contribution in [0, 0.1) is 6.92 Å². The third kappa shape index (κ3) is 2.33. The number of alkyl halides is 3. The van der Waals surface area contributed by atoms with Crippen LogP contribution in [-0.2, 0) is 6.18 Å². The monoisotopic (exact) mass is 292 g/mol. The Kier molecular flexibility index (Phi) is 2.90. The zero-order valence-corrected chi connectivity index (χ0v) is 11.0. The van der Waals surface area contributed by atoms with Crippen LogP contribution in [-0.4, -0.2) is 9.55 Å². The Bertz CT molecular complexity index is 857. The minimum Gasteiger partial charge on any atom is -0.305 e. The predicted octanol–water partition coefficient (Wildman–Crippen LogP) is 3.65. The van der Waals surface area contributed by atoms with E-state index in [1.165, 1.54) is 16.7 Å². The summed E-state index contributed by atoms with van der Waals surface area (Å²) in [5.74, 6) is 0. The third-order valence-electron chi connectivity index (χ3n) is 3.29. The van der Waals surface area contributed by atoms with Gasteiger partial charge < -0.3 is 4.98 Å². The van der Waals surface area contributed by atoms with E-state index < -0.39 is 11.7 Å². The number of hydrogen-bond acceptors (Lipinski definition) is 1. The Morgan fingerprint density at radius 3 is 2.33 bits per heavy atom. The molecule has 0 bridgehead atoms. The molecule has 0 aliphatic carbocycles. The SMILES string of the molecule is Cc1ccc2[nH]c(=O)n(-c3ccc(C(F)(F)F)cc3)c2c1. The summed E-state index contributed by atoms with van der Waals surface area (Å²) in [5, 5.41) is 0. The number of aromatic amines is 1. The molecule has 0 spiro atoms. The normalized spacial score (nSPS) is 12.0. The Hall–Kier alpha value is -2.50. The van der Waals surface area contributed by atoms with Crippen molar-refractivity contribution in [2.75, 3.05) is 0 Å². The number of hydrogen-bond donors (Lipinski definition) is 1. The van der Waals surface area contributed by atoms with Crippen molar-refractivity contribution in [2.24, 2.45) is 0 Å². The van der Waals surface area contributed by atoms with Gasteiger partial charge in [-0.15, -0.1) is 0 Å². The van der Waals surface area contributed by atoms with E-state index >= 15 is 0 Å². The van der Waals surface area contributed by atoms with Crippen LogP contribution in [0.4, 0.5) is 13.2 Å². The molecule has 3 rings (SSSR count). The summed E-state index contributed by atoms with van der Waals surface area (Å²) in [6, 6.07) is 9.96. The van der Waals surface area contributed by atoms with Crippen LogP contribution in [0.5, 0.6) is 0 Å². The summed E-state index contributed by atoms with van der Waals surface area (Å²) in [5.41, 5.74) is 1.52. The highest BCUT2D eigenvalue weighted by Gasteiger charge is 2.30. The van der Waals surface area contributed by atoms with E-state index in [0.29, 0.717) is 16.7 Å². The molecule has 0 atom stereocenters. The highest BCUT2D eigenvalue weighted by molar-refractivity contribution is 5.78. The molecule has 0 unspecified atom stereocenters. The first-order valence-electron chi connectivity index (χ1n) is 6.25. The van der Waals surface area contributed by atoms with Crippen LogP contribution in [0.1, 0.15) is 11.1 Å². The highest BCUT2D eigenvalue weighted by Crippen LogP contribution is 2.29. The molecule has 0 fully saturated rings. The van der Waals surface area contributed by atoms with E-state index in [-0.39, 0.29) is 5.69 Å². The average molecular weight is 292 g/mol. The molecular formula is C15H11F3N2O. The van der Waals surface area contributed by atoms with Gasteiger partial charge in [0.15, 0.2) is 0 Å². The lowest BCUT2D eigenvalue weighted by atomic mass is 10.2. The molecule has 1 aromatic heterocycles. The number of rotatable bonds is 1.